The van der Waals surface area contributed by atoms with Crippen LogP contribution >= 0.6 is 0 Å². The summed E-state index contributed by atoms with van der Waals surface area (Å²) in [4.78, 5) is 0. The van der Waals surface area contributed by atoms with E-state index >= 15 is 0 Å². The van der Waals surface area contributed by atoms with Crippen LogP contribution in [0.4, 0.5) is 0 Å². The van der Waals surface area contributed by atoms with Crippen LogP contribution in [0.3, 0.4) is 0 Å². The summed E-state index contributed by atoms with van der Waals surface area (Å²) in [7, 11) is -2.43. The third-order valence-electron chi connectivity index (χ3n) is 8.66. The Kier molecular flexibility index (Phi) is 10.6. The zero-order chi connectivity index (χ0) is 27.7. The van der Waals surface area contributed by atoms with Crippen LogP contribution in [0, 0.1) is 5.92 Å². The zero-order valence-electron chi connectivity index (χ0n) is 25.2. The number of benzene rings is 3. The van der Waals surface area contributed by atoms with Crippen molar-refractivity contribution in [2.24, 2.45) is 5.92 Å². The number of allylic oxidation sites excluding steroid dienone is 4. The summed E-state index contributed by atoms with van der Waals surface area (Å²) in [5.74, 6) is 0.554. The molecular formula is C38H50Si. The summed E-state index contributed by atoms with van der Waals surface area (Å²) < 4.78 is 0. The molecule has 1 aliphatic carbocycles. The Morgan fingerprint density at radius 1 is 0.564 bits per heavy atom. The number of hydrogen-bond acceptors (Lipinski definition) is 0. The van der Waals surface area contributed by atoms with Gasteiger partial charge in [0.25, 0.3) is 0 Å². The fraction of sp³-hybridized carbons (Fsp3) is 0.421. The fourth-order valence-corrected chi connectivity index (χ4v) is 11.1. The summed E-state index contributed by atoms with van der Waals surface area (Å²) in [5, 5.41) is 6.20. The number of rotatable bonds is 14. The van der Waals surface area contributed by atoms with E-state index in [9.17, 15) is 0 Å². The lowest BCUT2D eigenvalue weighted by Crippen LogP contribution is -2.68. The smallest absolute Gasteiger partial charge is 0.0773 e. The first-order valence-corrected chi connectivity index (χ1v) is 17.7. The Hall–Kier alpha value is -2.64. The van der Waals surface area contributed by atoms with Gasteiger partial charge in [-0.05, 0) is 88.7 Å². The molecule has 206 valence electrons. The number of unbranched alkanes of at least 4 members (excludes halogenated alkanes) is 3. The second-order valence-corrected chi connectivity index (χ2v) is 15.8. The first-order valence-electron chi connectivity index (χ1n) is 15.7. The largest absolute Gasteiger partial charge is 0.175 e. The van der Waals surface area contributed by atoms with Crippen LogP contribution in [0.5, 0.6) is 0 Å². The van der Waals surface area contributed by atoms with Crippen molar-refractivity contribution in [2.75, 3.05) is 0 Å². The standard InChI is InChI=1S/C38H50Si/c1-6-9-12-31-15-22-35(23-16-31)39(38-28-21-34(29-38)30(4)5,36-24-17-32(18-25-36)13-10-7-2)37-26-19-33(20-27-37)14-11-8-3/h15-27,29-30H,6-14,28H2,1-5H3. The second kappa shape index (κ2) is 14.1. The molecule has 0 atom stereocenters. The Bertz CT molecular complexity index is 1100. The van der Waals surface area contributed by atoms with Gasteiger partial charge >= 0.3 is 0 Å². The molecule has 4 rings (SSSR count). The van der Waals surface area contributed by atoms with Crippen LogP contribution in [0.25, 0.3) is 0 Å². The molecule has 0 fully saturated rings. The minimum absolute atomic E-state index is 0.554. The first kappa shape index (κ1) is 29.3. The van der Waals surface area contributed by atoms with E-state index in [0.717, 1.165) is 6.42 Å². The zero-order valence-corrected chi connectivity index (χ0v) is 26.2. The Balaban J connectivity index is 1.91. The van der Waals surface area contributed by atoms with Gasteiger partial charge in [0.1, 0.15) is 0 Å². The minimum Gasteiger partial charge on any atom is -0.0773 e. The van der Waals surface area contributed by atoms with Crippen LogP contribution in [0.2, 0.25) is 0 Å². The molecule has 0 bridgehead atoms. The third kappa shape index (κ3) is 6.75. The third-order valence-corrected chi connectivity index (χ3v) is 13.6. The van der Waals surface area contributed by atoms with E-state index in [0.29, 0.717) is 5.92 Å². The van der Waals surface area contributed by atoms with E-state index in [-0.39, 0.29) is 0 Å². The Labute approximate surface area is 240 Å². The molecule has 1 aliphatic rings. The van der Waals surface area contributed by atoms with Crippen molar-refractivity contribution >= 4 is 23.6 Å². The molecule has 0 amide bonds. The number of aryl methyl sites for hydroxylation is 3. The molecular weight excluding hydrogens is 485 g/mol. The van der Waals surface area contributed by atoms with E-state index in [1.807, 2.05) is 0 Å². The Morgan fingerprint density at radius 2 is 0.923 bits per heavy atom. The highest BCUT2D eigenvalue weighted by Gasteiger charge is 2.43. The van der Waals surface area contributed by atoms with Crippen molar-refractivity contribution in [3.8, 4) is 0 Å². The van der Waals surface area contributed by atoms with Crippen molar-refractivity contribution < 1.29 is 0 Å². The van der Waals surface area contributed by atoms with Gasteiger partial charge in [-0.25, -0.2) is 0 Å². The number of hydrogen-bond donors (Lipinski definition) is 0. The van der Waals surface area contributed by atoms with E-state index in [1.165, 1.54) is 95.6 Å². The molecule has 3 aromatic carbocycles. The molecule has 3 aromatic rings. The summed E-state index contributed by atoms with van der Waals surface area (Å²) in [5.41, 5.74) is 5.90. The minimum atomic E-state index is -2.43. The molecule has 0 saturated heterocycles. The highest BCUT2D eigenvalue weighted by molar-refractivity contribution is 7.16. The maximum Gasteiger partial charge on any atom is 0.175 e. The van der Waals surface area contributed by atoms with Gasteiger partial charge in [-0.1, -0.05) is 144 Å². The van der Waals surface area contributed by atoms with Gasteiger partial charge in [0.15, 0.2) is 8.07 Å². The Morgan fingerprint density at radius 3 is 1.21 bits per heavy atom. The molecule has 0 nitrogen and oxygen atoms in total. The normalized spacial score (nSPS) is 13.6. The summed E-state index contributed by atoms with van der Waals surface area (Å²) in [6.45, 7) is 11.5. The topological polar surface area (TPSA) is 0 Å². The van der Waals surface area contributed by atoms with Gasteiger partial charge < -0.3 is 0 Å². The maximum absolute atomic E-state index is 2.58. The van der Waals surface area contributed by atoms with Gasteiger partial charge in [-0.3, -0.25) is 0 Å². The second-order valence-electron chi connectivity index (χ2n) is 11.9. The van der Waals surface area contributed by atoms with Gasteiger partial charge in [0.05, 0.1) is 0 Å². The summed E-state index contributed by atoms with van der Waals surface area (Å²) >= 11 is 0. The first-order chi connectivity index (χ1) is 19.0. The molecule has 39 heavy (non-hydrogen) atoms. The van der Waals surface area contributed by atoms with Gasteiger partial charge in [0, 0.05) is 0 Å². The predicted octanol–water partition coefficient (Wildman–Crippen LogP) is 8.64. The molecule has 0 aromatic heterocycles. The lowest BCUT2D eigenvalue weighted by atomic mass is 10.1. The van der Waals surface area contributed by atoms with Crippen LogP contribution < -0.4 is 15.6 Å². The summed E-state index contributed by atoms with van der Waals surface area (Å²) in [6, 6.07) is 29.5. The lowest BCUT2D eigenvalue weighted by molar-refractivity contribution is 0.793. The summed E-state index contributed by atoms with van der Waals surface area (Å²) in [6.07, 6.45) is 17.2. The predicted molar refractivity (Wildman–Crippen MR) is 175 cm³/mol. The molecule has 0 aliphatic heterocycles. The average molecular weight is 535 g/mol. The van der Waals surface area contributed by atoms with Crippen LogP contribution in [-0.4, -0.2) is 8.07 Å². The van der Waals surface area contributed by atoms with Crippen LogP contribution in [0.15, 0.2) is 95.7 Å². The van der Waals surface area contributed by atoms with Crippen molar-refractivity contribution in [1.29, 1.82) is 0 Å². The average Bonchev–Trinajstić information content (AvgIpc) is 3.47. The van der Waals surface area contributed by atoms with Crippen LogP contribution in [0.1, 0.15) is 96.3 Å². The molecule has 0 unspecified atom stereocenters. The van der Waals surface area contributed by atoms with Gasteiger partial charge in [-0.2, -0.15) is 0 Å². The molecule has 0 spiro atoms. The maximum atomic E-state index is 2.58. The highest BCUT2D eigenvalue weighted by Crippen LogP contribution is 2.31. The lowest BCUT2D eigenvalue weighted by Gasteiger charge is -2.36. The van der Waals surface area contributed by atoms with Gasteiger partial charge in [-0.15, -0.1) is 0 Å². The molecule has 0 heterocycles. The fourth-order valence-electron chi connectivity index (χ4n) is 6.17. The quantitative estimate of drug-likeness (QED) is 0.143. The van der Waals surface area contributed by atoms with E-state index in [2.05, 4.69) is 120 Å². The molecule has 0 N–H and O–H groups in total. The monoisotopic (exact) mass is 534 g/mol. The van der Waals surface area contributed by atoms with Crippen molar-refractivity contribution in [2.45, 2.75) is 98.8 Å². The van der Waals surface area contributed by atoms with Crippen molar-refractivity contribution in [3.05, 3.63) is 112 Å². The molecule has 1 heteroatoms. The molecule has 0 saturated carbocycles. The van der Waals surface area contributed by atoms with Crippen molar-refractivity contribution in [1.82, 2.24) is 0 Å². The van der Waals surface area contributed by atoms with E-state index in [1.54, 1.807) is 5.20 Å². The SMILES string of the molecule is CCCCc1ccc([Si](C2=CC(C(C)C)=CC2)(c2ccc(CCCC)cc2)c2ccc(CCCC)cc2)cc1. The molecule has 0 radical (unpaired) electrons. The van der Waals surface area contributed by atoms with E-state index in [4.69, 9.17) is 0 Å². The highest BCUT2D eigenvalue weighted by atomic mass is 28.3. The van der Waals surface area contributed by atoms with E-state index < -0.39 is 8.07 Å². The van der Waals surface area contributed by atoms with Crippen LogP contribution in [-0.2, 0) is 19.3 Å². The van der Waals surface area contributed by atoms with Gasteiger partial charge in [0.2, 0.25) is 0 Å². The van der Waals surface area contributed by atoms with Crippen molar-refractivity contribution in [3.63, 3.8) is 0 Å².